The van der Waals surface area contributed by atoms with Crippen LogP contribution in [-0.4, -0.2) is 12.5 Å². The standard InChI is InChI=1S/C20H25NO2/c1-13-9-10-18(11-16(13)4)17(5)21-19(22)12-23-20-14(2)7-6-8-15(20)3/h6-11,17H,12H2,1-5H3,(H,21,22). The van der Waals surface area contributed by atoms with E-state index in [0.717, 1.165) is 22.4 Å². The summed E-state index contributed by atoms with van der Waals surface area (Å²) in [5.74, 6) is 0.680. The van der Waals surface area contributed by atoms with Crippen LogP contribution in [-0.2, 0) is 4.79 Å². The van der Waals surface area contributed by atoms with Crippen LogP contribution in [0.3, 0.4) is 0 Å². The van der Waals surface area contributed by atoms with Crippen LogP contribution in [0, 0.1) is 27.7 Å². The molecule has 2 rings (SSSR count). The average molecular weight is 311 g/mol. The Morgan fingerprint density at radius 3 is 2.26 bits per heavy atom. The van der Waals surface area contributed by atoms with Gasteiger partial charge in [-0.1, -0.05) is 36.4 Å². The second-order valence-electron chi connectivity index (χ2n) is 6.14. The van der Waals surface area contributed by atoms with Crippen LogP contribution in [0.5, 0.6) is 5.75 Å². The normalized spacial score (nSPS) is 11.9. The van der Waals surface area contributed by atoms with E-state index in [-0.39, 0.29) is 18.6 Å². The van der Waals surface area contributed by atoms with Crippen LogP contribution < -0.4 is 10.1 Å². The molecular formula is C20H25NO2. The van der Waals surface area contributed by atoms with Crippen molar-refractivity contribution < 1.29 is 9.53 Å². The summed E-state index contributed by atoms with van der Waals surface area (Å²) in [5.41, 5.74) is 5.68. The summed E-state index contributed by atoms with van der Waals surface area (Å²) in [6.45, 7) is 10.1. The van der Waals surface area contributed by atoms with Crippen molar-refractivity contribution in [2.45, 2.75) is 40.7 Å². The molecule has 3 nitrogen and oxygen atoms in total. The molecule has 1 atom stereocenters. The summed E-state index contributed by atoms with van der Waals surface area (Å²) in [4.78, 5) is 12.1. The third kappa shape index (κ3) is 4.35. The fraction of sp³-hybridized carbons (Fsp3) is 0.350. The lowest BCUT2D eigenvalue weighted by molar-refractivity contribution is -0.123. The highest BCUT2D eigenvalue weighted by molar-refractivity contribution is 5.78. The van der Waals surface area contributed by atoms with Gasteiger partial charge in [0.15, 0.2) is 6.61 Å². The van der Waals surface area contributed by atoms with Gasteiger partial charge in [0.1, 0.15) is 5.75 Å². The third-order valence-electron chi connectivity index (χ3n) is 4.16. The Bertz CT molecular complexity index is 687. The molecule has 0 fully saturated rings. The van der Waals surface area contributed by atoms with Crippen molar-refractivity contribution in [3.05, 3.63) is 64.2 Å². The highest BCUT2D eigenvalue weighted by Crippen LogP contribution is 2.22. The van der Waals surface area contributed by atoms with Crippen LogP contribution in [0.4, 0.5) is 0 Å². The Kier molecular flexibility index (Phi) is 5.43. The van der Waals surface area contributed by atoms with E-state index in [1.54, 1.807) is 0 Å². The topological polar surface area (TPSA) is 38.3 Å². The zero-order valence-electron chi connectivity index (χ0n) is 14.6. The number of amides is 1. The summed E-state index contributed by atoms with van der Waals surface area (Å²) in [6.07, 6.45) is 0. The molecule has 1 N–H and O–H groups in total. The molecule has 0 saturated heterocycles. The van der Waals surface area contributed by atoms with E-state index >= 15 is 0 Å². The first kappa shape index (κ1) is 17.1. The van der Waals surface area contributed by atoms with Gasteiger partial charge in [0.2, 0.25) is 0 Å². The zero-order valence-corrected chi connectivity index (χ0v) is 14.6. The maximum absolute atomic E-state index is 12.1. The van der Waals surface area contributed by atoms with Crippen molar-refractivity contribution in [2.24, 2.45) is 0 Å². The van der Waals surface area contributed by atoms with E-state index in [2.05, 4.69) is 37.4 Å². The van der Waals surface area contributed by atoms with Gasteiger partial charge in [0.25, 0.3) is 5.91 Å². The number of carbonyl (C=O) groups is 1. The highest BCUT2D eigenvalue weighted by atomic mass is 16.5. The summed E-state index contributed by atoms with van der Waals surface area (Å²) in [6, 6.07) is 12.2. The maximum Gasteiger partial charge on any atom is 0.258 e. The van der Waals surface area contributed by atoms with Gasteiger partial charge in [-0.2, -0.15) is 0 Å². The molecule has 0 aliphatic carbocycles. The maximum atomic E-state index is 12.1. The van der Waals surface area contributed by atoms with Crippen molar-refractivity contribution in [2.75, 3.05) is 6.61 Å². The minimum atomic E-state index is -0.113. The molecule has 2 aromatic carbocycles. The quantitative estimate of drug-likeness (QED) is 0.899. The van der Waals surface area contributed by atoms with Gasteiger partial charge >= 0.3 is 0 Å². The van der Waals surface area contributed by atoms with E-state index in [0.29, 0.717) is 0 Å². The minimum absolute atomic E-state index is 0.0286. The Morgan fingerprint density at radius 2 is 1.65 bits per heavy atom. The Morgan fingerprint density at radius 1 is 1.00 bits per heavy atom. The van der Waals surface area contributed by atoms with Crippen molar-refractivity contribution in [1.29, 1.82) is 0 Å². The number of rotatable bonds is 5. The van der Waals surface area contributed by atoms with Gasteiger partial charge in [-0.05, 0) is 62.4 Å². The first-order chi connectivity index (χ1) is 10.9. The van der Waals surface area contributed by atoms with Crippen LogP contribution in [0.25, 0.3) is 0 Å². The number of carbonyl (C=O) groups excluding carboxylic acids is 1. The molecule has 0 aliphatic heterocycles. The monoisotopic (exact) mass is 311 g/mol. The van der Waals surface area contributed by atoms with E-state index in [9.17, 15) is 4.79 Å². The molecule has 0 saturated carbocycles. The summed E-state index contributed by atoms with van der Waals surface area (Å²) < 4.78 is 5.70. The molecular weight excluding hydrogens is 286 g/mol. The lowest BCUT2D eigenvalue weighted by Crippen LogP contribution is -2.31. The van der Waals surface area contributed by atoms with Crippen molar-refractivity contribution in [1.82, 2.24) is 5.32 Å². The summed E-state index contributed by atoms with van der Waals surface area (Å²) >= 11 is 0. The van der Waals surface area contributed by atoms with Crippen molar-refractivity contribution in [3.8, 4) is 5.75 Å². The average Bonchev–Trinajstić information content (AvgIpc) is 2.49. The minimum Gasteiger partial charge on any atom is -0.483 e. The van der Waals surface area contributed by atoms with E-state index in [1.807, 2.05) is 39.0 Å². The molecule has 1 amide bonds. The van der Waals surface area contributed by atoms with Crippen LogP contribution in [0.1, 0.15) is 40.8 Å². The molecule has 0 aliphatic rings. The van der Waals surface area contributed by atoms with Crippen LogP contribution >= 0.6 is 0 Å². The van der Waals surface area contributed by atoms with Crippen LogP contribution in [0.15, 0.2) is 36.4 Å². The lowest BCUT2D eigenvalue weighted by Gasteiger charge is -2.17. The fourth-order valence-electron chi connectivity index (χ4n) is 2.56. The van der Waals surface area contributed by atoms with Gasteiger partial charge in [-0.3, -0.25) is 4.79 Å². The fourth-order valence-corrected chi connectivity index (χ4v) is 2.56. The van der Waals surface area contributed by atoms with Crippen molar-refractivity contribution in [3.63, 3.8) is 0 Å². The van der Waals surface area contributed by atoms with Crippen molar-refractivity contribution >= 4 is 5.91 Å². The largest absolute Gasteiger partial charge is 0.483 e. The van der Waals surface area contributed by atoms with E-state index in [4.69, 9.17) is 4.74 Å². The number of benzene rings is 2. The molecule has 0 heterocycles. The van der Waals surface area contributed by atoms with Crippen LogP contribution in [0.2, 0.25) is 0 Å². The Labute approximate surface area is 138 Å². The van der Waals surface area contributed by atoms with Gasteiger partial charge < -0.3 is 10.1 Å². The molecule has 0 aromatic heterocycles. The lowest BCUT2D eigenvalue weighted by atomic mass is 10.0. The molecule has 0 bridgehead atoms. The molecule has 23 heavy (non-hydrogen) atoms. The predicted molar refractivity (Wildman–Crippen MR) is 93.9 cm³/mol. The number of hydrogen-bond acceptors (Lipinski definition) is 2. The SMILES string of the molecule is Cc1ccc(C(C)NC(=O)COc2c(C)cccc2C)cc1C. The first-order valence-corrected chi connectivity index (χ1v) is 7.94. The Hall–Kier alpha value is -2.29. The first-order valence-electron chi connectivity index (χ1n) is 7.94. The molecule has 1 unspecified atom stereocenters. The number of para-hydroxylation sites is 1. The number of hydrogen-bond donors (Lipinski definition) is 1. The molecule has 2 aromatic rings. The second-order valence-corrected chi connectivity index (χ2v) is 6.14. The van der Waals surface area contributed by atoms with Gasteiger partial charge in [-0.15, -0.1) is 0 Å². The molecule has 122 valence electrons. The highest BCUT2D eigenvalue weighted by Gasteiger charge is 2.12. The number of aryl methyl sites for hydroxylation is 4. The number of nitrogens with one attached hydrogen (secondary N) is 1. The van der Waals surface area contributed by atoms with Gasteiger partial charge in [-0.25, -0.2) is 0 Å². The predicted octanol–water partition coefficient (Wildman–Crippen LogP) is 4.18. The third-order valence-corrected chi connectivity index (χ3v) is 4.16. The summed E-state index contributed by atoms with van der Waals surface area (Å²) in [7, 11) is 0. The Balaban J connectivity index is 1.95. The second kappa shape index (κ2) is 7.32. The van der Waals surface area contributed by atoms with E-state index < -0.39 is 0 Å². The molecule has 0 radical (unpaired) electrons. The zero-order chi connectivity index (χ0) is 17.0. The summed E-state index contributed by atoms with van der Waals surface area (Å²) in [5, 5.41) is 2.99. The smallest absolute Gasteiger partial charge is 0.258 e. The number of ether oxygens (including phenoxy) is 1. The van der Waals surface area contributed by atoms with E-state index in [1.165, 1.54) is 11.1 Å². The van der Waals surface area contributed by atoms with Gasteiger partial charge in [0, 0.05) is 0 Å². The molecule has 3 heteroatoms. The van der Waals surface area contributed by atoms with Gasteiger partial charge in [0.05, 0.1) is 6.04 Å². The molecule has 0 spiro atoms.